The van der Waals surface area contributed by atoms with Crippen molar-refractivity contribution in [2.75, 3.05) is 26.4 Å². The van der Waals surface area contributed by atoms with E-state index in [4.69, 9.17) is 14.0 Å². The molecule has 3 rings (SSSR count). The molecular formula is C17H21N3O4. The van der Waals surface area contributed by atoms with Crippen LogP contribution in [0.15, 0.2) is 34.9 Å². The molecule has 1 aromatic heterocycles. The number of likely N-dealkylation sites (tertiary alicyclic amines) is 1. The lowest BCUT2D eigenvalue weighted by Crippen LogP contribution is -2.34. The van der Waals surface area contributed by atoms with E-state index in [-0.39, 0.29) is 18.6 Å². The summed E-state index contributed by atoms with van der Waals surface area (Å²) in [5.41, 5.74) is 0. The van der Waals surface area contributed by atoms with Gasteiger partial charge in [0.1, 0.15) is 19.0 Å². The number of benzene rings is 1. The fourth-order valence-electron chi connectivity index (χ4n) is 2.76. The molecule has 0 spiro atoms. The summed E-state index contributed by atoms with van der Waals surface area (Å²) >= 11 is 0. The van der Waals surface area contributed by atoms with Crippen molar-refractivity contribution in [3.8, 4) is 5.75 Å². The fourth-order valence-corrected chi connectivity index (χ4v) is 2.76. The van der Waals surface area contributed by atoms with Crippen molar-refractivity contribution in [2.24, 2.45) is 0 Å². The van der Waals surface area contributed by atoms with E-state index < -0.39 is 0 Å². The van der Waals surface area contributed by atoms with Gasteiger partial charge in [-0.05, 0) is 25.0 Å². The Morgan fingerprint density at radius 1 is 1.33 bits per heavy atom. The van der Waals surface area contributed by atoms with Gasteiger partial charge in [0.15, 0.2) is 5.82 Å². The number of aryl methyl sites for hydroxylation is 1. The number of nitrogens with zero attached hydrogens (tertiary/aromatic N) is 3. The van der Waals surface area contributed by atoms with Crippen molar-refractivity contribution in [3.05, 3.63) is 42.0 Å². The van der Waals surface area contributed by atoms with E-state index in [1.165, 1.54) is 0 Å². The second-order valence-electron chi connectivity index (χ2n) is 5.63. The molecule has 1 amide bonds. The maximum atomic E-state index is 12.3. The highest BCUT2D eigenvalue weighted by molar-refractivity contribution is 5.78. The zero-order valence-corrected chi connectivity index (χ0v) is 13.7. The summed E-state index contributed by atoms with van der Waals surface area (Å²) in [5.74, 6) is 1.82. The molecule has 128 valence electrons. The third kappa shape index (κ3) is 4.11. The second-order valence-corrected chi connectivity index (χ2v) is 5.63. The van der Waals surface area contributed by atoms with Gasteiger partial charge in [0.25, 0.3) is 0 Å². The van der Waals surface area contributed by atoms with E-state index in [1.54, 1.807) is 11.8 Å². The molecule has 1 aliphatic heterocycles. The minimum atomic E-state index is -0.112. The maximum Gasteiger partial charge on any atom is 0.249 e. The van der Waals surface area contributed by atoms with Gasteiger partial charge in [0, 0.05) is 13.5 Å². The van der Waals surface area contributed by atoms with Crippen LogP contribution in [-0.2, 0) is 9.53 Å². The Balaban J connectivity index is 1.41. The van der Waals surface area contributed by atoms with Crippen molar-refractivity contribution in [1.82, 2.24) is 15.0 Å². The molecule has 1 atom stereocenters. The van der Waals surface area contributed by atoms with Crippen molar-refractivity contribution < 1.29 is 18.8 Å². The van der Waals surface area contributed by atoms with Gasteiger partial charge in [0.05, 0.1) is 12.6 Å². The van der Waals surface area contributed by atoms with Gasteiger partial charge in [-0.3, -0.25) is 4.79 Å². The quantitative estimate of drug-likeness (QED) is 0.723. The van der Waals surface area contributed by atoms with Crippen molar-refractivity contribution in [3.63, 3.8) is 0 Å². The average Bonchev–Trinajstić information content (AvgIpc) is 3.24. The van der Waals surface area contributed by atoms with Gasteiger partial charge in [-0.15, -0.1) is 0 Å². The third-order valence-corrected chi connectivity index (χ3v) is 3.88. The zero-order chi connectivity index (χ0) is 16.8. The van der Waals surface area contributed by atoms with E-state index in [1.807, 2.05) is 30.3 Å². The Labute approximate surface area is 140 Å². The van der Waals surface area contributed by atoms with Gasteiger partial charge in [-0.2, -0.15) is 4.98 Å². The molecule has 2 aromatic rings. The van der Waals surface area contributed by atoms with Crippen LogP contribution in [0.3, 0.4) is 0 Å². The summed E-state index contributed by atoms with van der Waals surface area (Å²) in [5, 5.41) is 3.93. The fraction of sp³-hybridized carbons (Fsp3) is 0.471. The zero-order valence-electron chi connectivity index (χ0n) is 13.7. The molecule has 1 saturated heterocycles. The Bertz CT molecular complexity index is 659. The molecule has 0 radical (unpaired) electrons. The highest BCUT2D eigenvalue weighted by atomic mass is 16.5. The molecule has 1 aromatic carbocycles. The predicted octanol–water partition coefficient (Wildman–Crippen LogP) is 2.14. The summed E-state index contributed by atoms with van der Waals surface area (Å²) in [4.78, 5) is 18.3. The molecule has 24 heavy (non-hydrogen) atoms. The number of hydrogen-bond acceptors (Lipinski definition) is 6. The smallest absolute Gasteiger partial charge is 0.249 e. The second kappa shape index (κ2) is 7.92. The Morgan fingerprint density at radius 2 is 2.17 bits per heavy atom. The number of ether oxygens (including phenoxy) is 2. The molecule has 0 N–H and O–H groups in total. The normalized spacial score (nSPS) is 17.2. The van der Waals surface area contributed by atoms with Gasteiger partial charge in [-0.1, -0.05) is 23.4 Å². The van der Waals surface area contributed by atoms with Crippen LogP contribution in [0.2, 0.25) is 0 Å². The van der Waals surface area contributed by atoms with Crippen LogP contribution in [0.1, 0.15) is 30.6 Å². The first-order valence-electron chi connectivity index (χ1n) is 8.09. The first kappa shape index (κ1) is 16.4. The highest BCUT2D eigenvalue weighted by Gasteiger charge is 2.32. The van der Waals surface area contributed by atoms with Gasteiger partial charge in [0.2, 0.25) is 11.8 Å². The molecule has 1 unspecified atom stereocenters. The standard InChI is InChI=1S/C17H21N3O4/c1-13-18-17(19-24-13)15-8-5-9-20(15)16(21)12-22-10-11-23-14-6-3-2-4-7-14/h2-4,6-7,15H,5,8-12H2,1H3. The lowest BCUT2D eigenvalue weighted by Gasteiger charge is -2.22. The maximum absolute atomic E-state index is 12.3. The first-order chi connectivity index (χ1) is 11.7. The van der Waals surface area contributed by atoms with E-state index >= 15 is 0 Å². The molecule has 1 aliphatic rings. The van der Waals surface area contributed by atoms with Crippen LogP contribution in [0.4, 0.5) is 0 Å². The lowest BCUT2D eigenvalue weighted by atomic mass is 10.2. The average molecular weight is 331 g/mol. The predicted molar refractivity (Wildman–Crippen MR) is 85.5 cm³/mol. The molecular weight excluding hydrogens is 310 g/mol. The molecule has 7 nitrogen and oxygen atoms in total. The number of carbonyl (C=O) groups excluding carboxylic acids is 1. The number of carbonyl (C=O) groups is 1. The van der Waals surface area contributed by atoms with Crippen molar-refractivity contribution in [1.29, 1.82) is 0 Å². The molecule has 0 aliphatic carbocycles. The van der Waals surface area contributed by atoms with E-state index in [9.17, 15) is 4.79 Å². The number of hydrogen-bond donors (Lipinski definition) is 0. The van der Waals surface area contributed by atoms with E-state index in [0.717, 1.165) is 18.6 Å². The van der Waals surface area contributed by atoms with E-state index in [2.05, 4.69) is 10.1 Å². The molecule has 0 bridgehead atoms. The summed E-state index contributed by atoms with van der Waals surface area (Å²) in [7, 11) is 0. The SMILES string of the molecule is Cc1nc(C2CCCN2C(=O)COCCOc2ccccc2)no1. The van der Waals surface area contributed by atoms with Crippen LogP contribution in [0, 0.1) is 6.92 Å². The minimum absolute atomic E-state index is 0.0332. The molecule has 2 heterocycles. The highest BCUT2D eigenvalue weighted by Crippen LogP contribution is 2.30. The van der Waals surface area contributed by atoms with Gasteiger partial charge < -0.3 is 18.9 Å². The van der Waals surface area contributed by atoms with Crippen LogP contribution in [-0.4, -0.2) is 47.3 Å². The molecule has 7 heteroatoms. The largest absolute Gasteiger partial charge is 0.491 e. The monoisotopic (exact) mass is 331 g/mol. The van der Waals surface area contributed by atoms with Crippen molar-refractivity contribution in [2.45, 2.75) is 25.8 Å². The van der Waals surface area contributed by atoms with Crippen LogP contribution in [0.25, 0.3) is 0 Å². The van der Waals surface area contributed by atoms with Crippen LogP contribution < -0.4 is 4.74 Å². The number of rotatable bonds is 7. The summed E-state index contributed by atoms with van der Waals surface area (Å²) in [6.45, 7) is 3.24. The topological polar surface area (TPSA) is 77.7 Å². The summed E-state index contributed by atoms with van der Waals surface area (Å²) in [6, 6.07) is 9.40. The number of aromatic nitrogens is 2. The number of para-hydroxylation sites is 1. The Hall–Kier alpha value is -2.41. The first-order valence-corrected chi connectivity index (χ1v) is 8.09. The van der Waals surface area contributed by atoms with E-state index in [0.29, 0.717) is 31.5 Å². The Kier molecular flexibility index (Phi) is 5.43. The number of amides is 1. The summed E-state index contributed by atoms with van der Waals surface area (Å²) in [6.07, 6.45) is 1.78. The molecule has 1 fully saturated rings. The molecule has 0 saturated carbocycles. The lowest BCUT2D eigenvalue weighted by molar-refractivity contribution is -0.137. The summed E-state index contributed by atoms with van der Waals surface area (Å²) < 4.78 is 16.0. The Morgan fingerprint density at radius 3 is 2.92 bits per heavy atom. The minimum Gasteiger partial charge on any atom is -0.491 e. The van der Waals surface area contributed by atoms with Gasteiger partial charge >= 0.3 is 0 Å². The van der Waals surface area contributed by atoms with Crippen molar-refractivity contribution >= 4 is 5.91 Å². The van der Waals surface area contributed by atoms with Gasteiger partial charge in [-0.25, -0.2) is 0 Å². The van der Waals surface area contributed by atoms with Crippen LogP contribution >= 0.6 is 0 Å². The van der Waals surface area contributed by atoms with Crippen LogP contribution in [0.5, 0.6) is 5.75 Å². The third-order valence-electron chi connectivity index (χ3n) is 3.88.